The van der Waals surface area contributed by atoms with Crippen molar-refractivity contribution >= 4 is 0 Å². The molecule has 2 heteroatoms. The third-order valence-electron chi connectivity index (χ3n) is 3.18. The fraction of sp³-hybridized carbons (Fsp3) is 0.538. The molecular weight excluding hydrogens is 184 g/mol. The molecule has 0 spiro atoms. The molecule has 0 bridgehead atoms. The van der Waals surface area contributed by atoms with E-state index in [1.807, 2.05) is 0 Å². The molecule has 3 unspecified atom stereocenters. The fourth-order valence-electron chi connectivity index (χ4n) is 1.94. The Morgan fingerprint density at radius 2 is 2.13 bits per heavy atom. The molecule has 1 aromatic carbocycles. The molecule has 0 aromatic heterocycles. The first-order chi connectivity index (χ1) is 7.31. The first-order valence-electron chi connectivity index (χ1n) is 5.85. The van der Waals surface area contributed by atoms with E-state index in [-0.39, 0.29) is 0 Å². The van der Waals surface area contributed by atoms with Crippen LogP contribution in [0.2, 0.25) is 0 Å². The van der Waals surface area contributed by atoms with Crippen LogP contribution in [-0.2, 0) is 0 Å². The molecule has 3 N–H and O–H groups in total. The quantitative estimate of drug-likeness (QED) is 0.768. The van der Waals surface area contributed by atoms with E-state index in [9.17, 15) is 0 Å². The highest BCUT2D eigenvalue weighted by Gasteiger charge is 2.37. The molecule has 2 nitrogen and oxygen atoms in total. The fourth-order valence-corrected chi connectivity index (χ4v) is 1.94. The molecule has 1 aliphatic carbocycles. The Balaban J connectivity index is 1.77. The third-order valence-corrected chi connectivity index (χ3v) is 3.18. The summed E-state index contributed by atoms with van der Waals surface area (Å²) in [4.78, 5) is 0. The molecule has 2 rings (SSSR count). The molecule has 1 fully saturated rings. The minimum absolute atomic E-state index is 0.307. The van der Waals surface area contributed by atoms with Crippen molar-refractivity contribution in [2.45, 2.75) is 37.8 Å². The Morgan fingerprint density at radius 1 is 1.40 bits per heavy atom. The van der Waals surface area contributed by atoms with Gasteiger partial charge in [0, 0.05) is 24.5 Å². The molecule has 82 valence electrons. The van der Waals surface area contributed by atoms with Crippen molar-refractivity contribution in [2.75, 3.05) is 6.54 Å². The lowest BCUT2D eigenvalue weighted by Crippen LogP contribution is -2.34. The minimum Gasteiger partial charge on any atom is -0.327 e. The molecular formula is C13H20N2. The smallest absolute Gasteiger partial charge is 0.0162 e. The van der Waals surface area contributed by atoms with Gasteiger partial charge in [-0.05, 0) is 18.4 Å². The maximum Gasteiger partial charge on any atom is 0.0162 e. The number of nitrogens with one attached hydrogen (secondary N) is 1. The van der Waals surface area contributed by atoms with Crippen molar-refractivity contribution in [1.82, 2.24) is 5.32 Å². The summed E-state index contributed by atoms with van der Waals surface area (Å²) < 4.78 is 0. The van der Waals surface area contributed by atoms with Crippen molar-refractivity contribution < 1.29 is 0 Å². The van der Waals surface area contributed by atoms with Crippen LogP contribution >= 0.6 is 0 Å². The second-order valence-corrected chi connectivity index (χ2v) is 4.44. The van der Waals surface area contributed by atoms with Gasteiger partial charge in [0.05, 0.1) is 0 Å². The van der Waals surface area contributed by atoms with E-state index in [4.69, 9.17) is 5.73 Å². The van der Waals surface area contributed by atoms with Gasteiger partial charge in [0.1, 0.15) is 0 Å². The predicted octanol–water partition coefficient (Wildman–Crippen LogP) is 1.87. The highest BCUT2D eigenvalue weighted by Crippen LogP contribution is 2.40. The summed E-state index contributed by atoms with van der Waals surface area (Å²) in [6, 6.07) is 11.7. The minimum atomic E-state index is 0.307. The molecule has 0 radical (unpaired) electrons. The summed E-state index contributed by atoms with van der Waals surface area (Å²) in [5.74, 6) is 0.718. The topological polar surface area (TPSA) is 38.0 Å². The van der Waals surface area contributed by atoms with Gasteiger partial charge >= 0.3 is 0 Å². The van der Waals surface area contributed by atoms with Crippen molar-refractivity contribution in [3.63, 3.8) is 0 Å². The van der Waals surface area contributed by atoms with Crippen LogP contribution in [0.15, 0.2) is 30.3 Å². The average Bonchev–Trinajstić information content (AvgIpc) is 3.06. The van der Waals surface area contributed by atoms with Gasteiger partial charge in [0.2, 0.25) is 0 Å². The van der Waals surface area contributed by atoms with Crippen LogP contribution in [0.5, 0.6) is 0 Å². The number of hydrogen-bond donors (Lipinski definition) is 2. The normalized spacial score (nSPS) is 26.3. The summed E-state index contributed by atoms with van der Waals surface area (Å²) in [6.45, 7) is 3.08. The molecule has 0 saturated heterocycles. The van der Waals surface area contributed by atoms with Crippen LogP contribution in [-0.4, -0.2) is 18.6 Å². The van der Waals surface area contributed by atoms with Gasteiger partial charge in [-0.1, -0.05) is 37.3 Å². The van der Waals surface area contributed by atoms with Gasteiger partial charge in [-0.15, -0.1) is 0 Å². The molecule has 1 saturated carbocycles. The van der Waals surface area contributed by atoms with Gasteiger partial charge in [0.25, 0.3) is 0 Å². The van der Waals surface area contributed by atoms with Crippen LogP contribution in [0.3, 0.4) is 0 Å². The van der Waals surface area contributed by atoms with Gasteiger partial charge in [0.15, 0.2) is 0 Å². The monoisotopic (exact) mass is 204 g/mol. The van der Waals surface area contributed by atoms with Gasteiger partial charge in [-0.25, -0.2) is 0 Å². The number of rotatable bonds is 5. The Kier molecular flexibility index (Phi) is 3.39. The van der Waals surface area contributed by atoms with Crippen molar-refractivity contribution in [2.24, 2.45) is 5.73 Å². The van der Waals surface area contributed by atoms with E-state index >= 15 is 0 Å². The summed E-state index contributed by atoms with van der Waals surface area (Å²) in [5, 5.41) is 3.53. The van der Waals surface area contributed by atoms with Gasteiger partial charge < -0.3 is 11.1 Å². The van der Waals surface area contributed by atoms with Gasteiger partial charge in [-0.2, -0.15) is 0 Å². The van der Waals surface area contributed by atoms with Crippen LogP contribution in [0.4, 0.5) is 0 Å². The van der Waals surface area contributed by atoms with E-state index in [0.29, 0.717) is 12.1 Å². The second kappa shape index (κ2) is 4.77. The zero-order valence-electron chi connectivity index (χ0n) is 9.32. The largest absolute Gasteiger partial charge is 0.327 e. The molecule has 15 heavy (non-hydrogen) atoms. The summed E-state index contributed by atoms with van der Waals surface area (Å²) in [5.41, 5.74) is 7.33. The van der Waals surface area contributed by atoms with Crippen LogP contribution in [0, 0.1) is 0 Å². The van der Waals surface area contributed by atoms with Crippen molar-refractivity contribution in [1.29, 1.82) is 0 Å². The molecule has 3 atom stereocenters. The predicted molar refractivity (Wildman–Crippen MR) is 63.9 cm³/mol. The Labute approximate surface area is 91.9 Å². The summed E-state index contributed by atoms with van der Waals surface area (Å²) in [7, 11) is 0. The summed E-state index contributed by atoms with van der Waals surface area (Å²) >= 11 is 0. The second-order valence-electron chi connectivity index (χ2n) is 4.44. The lowest BCUT2D eigenvalue weighted by molar-refractivity contribution is 0.556. The van der Waals surface area contributed by atoms with E-state index in [1.54, 1.807) is 0 Å². The first-order valence-corrected chi connectivity index (χ1v) is 5.85. The van der Waals surface area contributed by atoms with E-state index in [1.165, 1.54) is 12.0 Å². The lowest BCUT2D eigenvalue weighted by Gasteiger charge is -2.09. The Bertz CT molecular complexity index is 297. The zero-order valence-corrected chi connectivity index (χ0v) is 9.32. The Morgan fingerprint density at radius 3 is 2.80 bits per heavy atom. The SMILES string of the molecule is CCC(N)CNC1CC1c1ccccc1. The maximum absolute atomic E-state index is 5.87. The van der Waals surface area contributed by atoms with Crippen LogP contribution in [0.25, 0.3) is 0 Å². The number of nitrogens with two attached hydrogens (primary N) is 1. The maximum atomic E-state index is 5.87. The number of benzene rings is 1. The van der Waals surface area contributed by atoms with E-state index in [2.05, 4.69) is 42.6 Å². The highest BCUT2D eigenvalue weighted by atomic mass is 15.0. The molecule has 0 amide bonds. The highest BCUT2D eigenvalue weighted by molar-refractivity contribution is 5.27. The Hall–Kier alpha value is -0.860. The van der Waals surface area contributed by atoms with Crippen LogP contribution < -0.4 is 11.1 Å². The molecule has 1 aliphatic rings. The van der Waals surface area contributed by atoms with Gasteiger partial charge in [-0.3, -0.25) is 0 Å². The third kappa shape index (κ3) is 2.80. The average molecular weight is 204 g/mol. The van der Waals surface area contributed by atoms with E-state index in [0.717, 1.165) is 18.9 Å². The van der Waals surface area contributed by atoms with Crippen molar-refractivity contribution in [3.8, 4) is 0 Å². The standard InChI is InChI=1S/C13H20N2/c1-2-11(14)9-15-13-8-12(13)10-6-4-3-5-7-10/h3-7,11-13,15H,2,8-9,14H2,1H3. The molecule has 0 aliphatic heterocycles. The number of hydrogen-bond acceptors (Lipinski definition) is 2. The molecule has 1 aromatic rings. The van der Waals surface area contributed by atoms with Crippen molar-refractivity contribution in [3.05, 3.63) is 35.9 Å². The van der Waals surface area contributed by atoms with E-state index < -0.39 is 0 Å². The zero-order chi connectivity index (χ0) is 10.7. The summed E-state index contributed by atoms with van der Waals surface area (Å²) in [6.07, 6.45) is 2.32. The van der Waals surface area contributed by atoms with Crippen LogP contribution in [0.1, 0.15) is 31.2 Å². The molecule has 0 heterocycles. The lowest BCUT2D eigenvalue weighted by atomic mass is 10.1. The first kappa shape index (κ1) is 10.7.